The third-order valence-corrected chi connectivity index (χ3v) is 5.15. The predicted octanol–water partition coefficient (Wildman–Crippen LogP) is 3.65. The van der Waals surface area contributed by atoms with Gasteiger partial charge in [0.2, 0.25) is 5.91 Å². The maximum Gasteiger partial charge on any atom is 0.221 e. The van der Waals surface area contributed by atoms with Gasteiger partial charge in [-0.3, -0.25) is 9.79 Å². The number of nitrogens with zero attached hydrogens (tertiary/aromatic N) is 1. The summed E-state index contributed by atoms with van der Waals surface area (Å²) in [5.41, 5.74) is 1.16. The van der Waals surface area contributed by atoms with Gasteiger partial charge in [-0.15, -0.1) is 24.0 Å². The van der Waals surface area contributed by atoms with Gasteiger partial charge < -0.3 is 25.4 Å². The molecule has 1 amide bonds. The van der Waals surface area contributed by atoms with Crippen LogP contribution in [-0.4, -0.2) is 51.3 Å². The van der Waals surface area contributed by atoms with Crippen LogP contribution >= 0.6 is 24.0 Å². The van der Waals surface area contributed by atoms with Gasteiger partial charge in [0, 0.05) is 32.6 Å². The van der Waals surface area contributed by atoms with E-state index in [-0.39, 0.29) is 29.9 Å². The van der Waals surface area contributed by atoms with Gasteiger partial charge in [0.05, 0.1) is 13.2 Å². The van der Waals surface area contributed by atoms with Crippen molar-refractivity contribution in [3.63, 3.8) is 0 Å². The topological polar surface area (TPSA) is 84.0 Å². The second kappa shape index (κ2) is 16.0. The first-order valence-electron chi connectivity index (χ1n) is 11.3. The highest BCUT2D eigenvalue weighted by Gasteiger charge is 2.15. The average Bonchev–Trinajstić information content (AvgIpc) is 2.75. The highest BCUT2D eigenvalue weighted by molar-refractivity contribution is 14.0. The summed E-state index contributed by atoms with van der Waals surface area (Å²) >= 11 is 0. The number of ether oxygens (including phenoxy) is 2. The van der Waals surface area contributed by atoms with E-state index < -0.39 is 0 Å². The molecular weight excluding hydrogens is 507 g/mol. The van der Waals surface area contributed by atoms with E-state index in [2.05, 4.69) is 27.0 Å². The number of nitrogens with one attached hydrogen (secondary N) is 3. The third-order valence-electron chi connectivity index (χ3n) is 5.15. The monoisotopic (exact) mass is 546 g/mol. The molecule has 176 valence electrons. The molecule has 1 aromatic carbocycles. The lowest BCUT2D eigenvalue weighted by Gasteiger charge is -2.22. The first kappa shape index (κ1) is 27.3. The van der Waals surface area contributed by atoms with Gasteiger partial charge in [-0.1, -0.05) is 25.3 Å². The molecule has 0 unspecified atom stereocenters. The summed E-state index contributed by atoms with van der Waals surface area (Å²) in [5, 5.41) is 9.66. The molecule has 0 heterocycles. The van der Waals surface area contributed by atoms with E-state index >= 15 is 0 Å². The first-order valence-corrected chi connectivity index (χ1v) is 11.3. The molecule has 0 saturated heterocycles. The van der Waals surface area contributed by atoms with Gasteiger partial charge in [0.25, 0.3) is 0 Å². The van der Waals surface area contributed by atoms with Crippen LogP contribution in [0.25, 0.3) is 0 Å². The van der Waals surface area contributed by atoms with Crippen molar-refractivity contribution in [1.29, 1.82) is 0 Å². The Labute approximate surface area is 204 Å². The molecule has 1 aliphatic carbocycles. The van der Waals surface area contributed by atoms with Crippen LogP contribution in [0.1, 0.15) is 57.9 Å². The van der Waals surface area contributed by atoms with Crippen LogP contribution < -0.4 is 25.4 Å². The van der Waals surface area contributed by atoms with Gasteiger partial charge in [-0.25, -0.2) is 0 Å². The van der Waals surface area contributed by atoms with Crippen LogP contribution in [0.2, 0.25) is 0 Å². The Balaban J connectivity index is 0.00000480. The fourth-order valence-electron chi connectivity index (χ4n) is 3.64. The fourth-order valence-corrected chi connectivity index (χ4v) is 3.64. The molecule has 0 radical (unpaired) electrons. The van der Waals surface area contributed by atoms with Crippen molar-refractivity contribution < 1.29 is 14.3 Å². The number of carbonyl (C=O) groups excluding carboxylic acids is 1. The summed E-state index contributed by atoms with van der Waals surface area (Å²) in [5.74, 6) is 2.38. The van der Waals surface area contributed by atoms with E-state index in [9.17, 15) is 4.79 Å². The number of hydrogen-bond acceptors (Lipinski definition) is 4. The number of hydrogen-bond donors (Lipinski definition) is 3. The van der Waals surface area contributed by atoms with Crippen LogP contribution in [-0.2, 0) is 11.2 Å². The molecule has 1 aliphatic rings. The largest absolute Gasteiger partial charge is 0.490 e. The number of guanidine groups is 1. The summed E-state index contributed by atoms with van der Waals surface area (Å²) in [6.07, 6.45) is 7.24. The minimum atomic E-state index is 0. The lowest BCUT2D eigenvalue weighted by Crippen LogP contribution is -2.41. The quantitative estimate of drug-likeness (QED) is 0.224. The molecule has 31 heavy (non-hydrogen) atoms. The average molecular weight is 546 g/mol. The minimum absolute atomic E-state index is 0. The molecule has 3 N–H and O–H groups in total. The Bertz CT molecular complexity index is 679. The Hall–Kier alpha value is -1.71. The van der Waals surface area contributed by atoms with Crippen molar-refractivity contribution in [3.8, 4) is 11.5 Å². The predicted molar refractivity (Wildman–Crippen MR) is 137 cm³/mol. The molecule has 1 saturated carbocycles. The fraction of sp³-hybridized carbons (Fsp3) is 0.652. The van der Waals surface area contributed by atoms with Gasteiger partial charge in [-0.2, -0.15) is 0 Å². The van der Waals surface area contributed by atoms with E-state index in [1.165, 1.54) is 19.3 Å². The zero-order valence-electron chi connectivity index (χ0n) is 19.2. The van der Waals surface area contributed by atoms with Crippen LogP contribution in [0.3, 0.4) is 0 Å². The standard InChI is InChI=1S/C23H38N4O3.HI/c1-4-29-20-12-11-18(17-21(20)30-5-2)13-15-25-23(24-3)26-16-14-22(28)27-19-9-7-6-8-10-19;/h11-12,17,19H,4-10,13-16H2,1-3H3,(H,27,28)(H2,24,25,26);1H. The maximum absolute atomic E-state index is 12.1. The summed E-state index contributed by atoms with van der Waals surface area (Å²) in [6.45, 7) is 6.44. The summed E-state index contributed by atoms with van der Waals surface area (Å²) in [4.78, 5) is 16.3. The molecule has 2 rings (SSSR count). The number of aliphatic imine (C=N–C) groups is 1. The van der Waals surface area contributed by atoms with Crippen molar-refractivity contribution in [2.75, 3.05) is 33.4 Å². The number of amides is 1. The van der Waals surface area contributed by atoms with E-state index in [1.807, 2.05) is 26.0 Å². The normalized spacial score (nSPS) is 14.4. The molecule has 1 fully saturated rings. The lowest BCUT2D eigenvalue weighted by atomic mass is 9.95. The van der Waals surface area contributed by atoms with E-state index in [1.54, 1.807) is 7.05 Å². The Morgan fingerprint density at radius 2 is 1.71 bits per heavy atom. The van der Waals surface area contributed by atoms with Gasteiger partial charge >= 0.3 is 0 Å². The second-order valence-electron chi connectivity index (χ2n) is 7.48. The Kier molecular flexibility index (Phi) is 14.1. The lowest BCUT2D eigenvalue weighted by molar-refractivity contribution is -0.121. The van der Waals surface area contributed by atoms with Crippen LogP contribution in [0.4, 0.5) is 0 Å². The minimum Gasteiger partial charge on any atom is -0.490 e. The van der Waals surface area contributed by atoms with Gasteiger partial charge in [0.1, 0.15) is 0 Å². The van der Waals surface area contributed by atoms with Crippen LogP contribution in [0.15, 0.2) is 23.2 Å². The molecule has 8 heteroatoms. The van der Waals surface area contributed by atoms with E-state index in [4.69, 9.17) is 9.47 Å². The molecular formula is C23H39IN4O3. The van der Waals surface area contributed by atoms with Crippen molar-refractivity contribution in [3.05, 3.63) is 23.8 Å². The van der Waals surface area contributed by atoms with Crippen LogP contribution in [0.5, 0.6) is 11.5 Å². The Morgan fingerprint density at radius 1 is 1.03 bits per heavy atom. The number of halogens is 1. The Morgan fingerprint density at radius 3 is 2.39 bits per heavy atom. The molecule has 0 aliphatic heterocycles. The van der Waals surface area contributed by atoms with Crippen molar-refractivity contribution in [2.45, 2.75) is 64.8 Å². The highest BCUT2D eigenvalue weighted by Crippen LogP contribution is 2.28. The number of rotatable bonds is 11. The smallest absolute Gasteiger partial charge is 0.221 e. The summed E-state index contributed by atoms with van der Waals surface area (Å²) < 4.78 is 11.3. The first-order chi connectivity index (χ1) is 14.7. The van der Waals surface area contributed by atoms with Gasteiger partial charge in [0.15, 0.2) is 17.5 Å². The van der Waals surface area contributed by atoms with Crippen molar-refractivity contribution >= 4 is 35.8 Å². The molecule has 0 spiro atoms. The molecule has 1 aromatic rings. The number of benzene rings is 1. The zero-order valence-corrected chi connectivity index (χ0v) is 21.5. The summed E-state index contributed by atoms with van der Waals surface area (Å²) in [6, 6.07) is 6.41. The third kappa shape index (κ3) is 10.4. The van der Waals surface area contributed by atoms with Crippen molar-refractivity contribution in [1.82, 2.24) is 16.0 Å². The highest BCUT2D eigenvalue weighted by atomic mass is 127. The molecule has 7 nitrogen and oxygen atoms in total. The number of carbonyl (C=O) groups is 1. The van der Waals surface area contributed by atoms with Gasteiger partial charge in [-0.05, 0) is 50.8 Å². The summed E-state index contributed by atoms with van der Waals surface area (Å²) in [7, 11) is 1.74. The molecule has 0 atom stereocenters. The second-order valence-corrected chi connectivity index (χ2v) is 7.48. The molecule has 0 aromatic heterocycles. The van der Waals surface area contributed by atoms with Crippen molar-refractivity contribution in [2.24, 2.45) is 4.99 Å². The maximum atomic E-state index is 12.1. The SMILES string of the molecule is CCOc1ccc(CCNC(=NC)NCCC(=O)NC2CCCCC2)cc1OCC.I. The van der Waals surface area contributed by atoms with E-state index in [0.717, 1.165) is 42.9 Å². The molecule has 0 bridgehead atoms. The van der Waals surface area contributed by atoms with Crippen LogP contribution in [0, 0.1) is 0 Å². The zero-order chi connectivity index (χ0) is 21.6. The van der Waals surface area contributed by atoms with E-state index in [0.29, 0.717) is 38.2 Å².